The van der Waals surface area contributed by atoms with Gasteiger partial charge < -0.3 is 15.0 Å². The van der Waals surface area contributed by atoms with Gasteiger partial charge in [-0.1, -0.05) is 6.92 Å². The average Bonchev–Trinajstić information content (AvgIpc) is 2.55. The molecule has 0 bridgehead atoms. The maximum absolute atomic E-state index is 5.29. The molecular formula is C17H23N3O. The van der Waals surface area contributed by atoms with Crippen molar-refractivity contribution in [2.75, 3.05) is 32.1 Å². The number of anilines is 1. The minimum absolute atomic E-state index is 0.521. The van der Waals surface area contributed by atoms with E-state index in [-0.39, 0.29) is 0 Å². The number of rotatable bonds is 4. The van der Waals surface area contributed by atoms with Crippen LogP contribution in [0.3, 0.4) is 0 Å². The largest absolute Gasteiger partial charge is 0.497 e. The van der Waals surface area contributed by atoms with Crippen molar-refractivity contribution in [3.63, 3.8) is 0 Å². The van der Waals surface area contributed by atoms with Crippen LogP contribution in [0.4, 0.5) is 5.82 Å². The van der Waals surface area contributed by atoms with E-state index in [0.717, 1.165) is 28.9 Å². The molecule has 0 atom stereocenters. The third-order valence-corrected chi connectivity index (χ3v) is 4.35. The second-order valence-electron chi connectivity index (χ2n) is 5.60. The lowest BCUT2D eigenvalue weighted by Crippen LogP contribution is -2.39. The number of hydrogen-bond donors (Lipinski definition) is 1. The van der Waals surface area contributed by atoms with Crippen molar-refractivity contribution >= 4 is 16.6 Å². The molecule has 1 saturated heterocycles. The van der Waals surface area contributed by atoms with Crippen LogP contribution < -0.4 is 10.1 Å². The molecule has 3 rings (SSSR count). The van der Waals surface area contributed by atoms with Gasteiger partial charge in [0, 0.05) is 30.7 Å². The molecule has 4 heteroatoms. The van der Waals surface area contributed by atoms with Crippen molar-refractivity contribution in [2.24, 2.45) is 0 Å². The van der Waals surface area contributed by atoms with Crippen LogP contribution in [-0.2, 0) is 0 Å². The summed E-state index contributed by atoms with van der Waals surface area (Å²) in [5.74, 6) is 1.88. The van der Waals surface area contributed by atoms with Crippen LogP contribution in [0.25, 0.3) is 10.8 Å². The van der Waals surface area contributed by atoms with Gasteiger partial charge in [0.05, 0.1) is 7.11 Å². The van der Waals surface area contributed by atoms with Crippen LogP contribution >= 0.6 is 0 Å². The van der Waals surface area contributed by atoms with Gasteiger partial charge in [-0.25, -0.2) is 4.98 Å². The number of benzene rings is 1. The normalized spacial score (nSPS) is 17.0. The molecule has 0 aliphatic carbocycles. The summed E-state index contributed by atoms with van der Waals surface area (Å²) in [6.45, 7) is 5.73. The fourth-order valence-corrected chi connectivity index (χ4v) is 2.98. The van der Waals surface area contributed by atoms with Gasteiger partial charge >= 0.3 is 0 Å². The number of piperidine rings is 1. The lowest BCUT2D eigenvalue weighted by Gasteiger charge is -2.31. The van der Waals surface area contributed by atoms with E-state index in [4.69, 9.17) is 4.74 Å². The molecule has 1 aliphatic rings. The van der Waals surface area contributed by atoms with Crippen molar-refractivity contribution < 1.29 is 4.74 Å². The number of methoxy groups -OCH3 is 1. The fourth-order valence-electron chi connectivity index (χ4n) is 2.98. The third kappa shape index (κ3) is 3.10. The molecule has 1 aromatic carbocycles. The Balaban J connectivity index is 1.78. The summed E-state index contributed by atoms with van der Waals surface area (Å²) in [6.07, 6.45) is 4.23. The number of likely N-dealkylation sites (tertiary alicyclic amines) is 1. The molecule has 1 N–H and O–H groups in total. The first kappa shape index (κ1) is 14.1. The molecule has 21 heavy (non-hydrogen) atoms. The average molecular weight is 285 g/mol. The maximum Gasteiger partial charge on any atom is 0.134 e. The Kier molecular flexibility index (Phi) is 4.25. The Hall–Kier alpha value is -1.81. The zero-order valence-corrected chi connectivity index (χ0v) is 12.8. The van der Waals surface area contributed by atoms with E-state index in [2.05, 4.69) is 34.3 Å². The van der Waals surface area contributed by atoms with Crippen molar-refractivity contribution in [3.8, 4) is 5.75 Å². The number of hydrogen-bond acceptors (Lipinski definition) is 4. The van der Waals surface area contributed by atoms with Gasteiger partial charge in [-0.15, -0.1) is 0 Å². The number of ether oxygens (including phenoxy) is 1. The second kappa shape index (κ2) is 6.31. The molecule has 0 spiro atoms. The molecule has 1 aromatic heterocycles. The number of nitrogens with zero attached hydrogens (tertiary/aromatic N) is 2. The highest BCUT2D eigenvalue weighted by Gasteiger charge is 2.18. The Bertz CT molecular complexity index is 606. The first-order valence-electron chi connectivity index (χ1n) is 7.72. The predicted octanol–water partition coefficient (Wildman–Crippen LogP) is 3.14. The van der Waals surface area contributed by atoms with Crippen molar-refractivity contribution in [1.29, 1.82) is 0 Å². The molecular weight excluding hydrogens is 262 g/mol. The Morgan fingerprint density at radius 2 is 2.10 bits per heavy atom. The summed E-state index contributed by atoms with van der Waals surface area (Å²) >= 11 is 0. The zero-order valence-electron chi connectivity index (χ0n) is 12.8. The summed E-state index contributed by atoms with van der Waals surface area (Å²) in [4.78, 5) is 7.03. The van der Waals surface area contributed by atoms with E-state index in [0.29, 0.717) is 6.04 Å². The summed E-state index contributed by atoms with van der Waals surface area (Å²) in [5, 5.41) is 5.96. The van der Waals surface area contributed by atoms with Gasteiger partial charge in [0.2, 0.25) is 0 Å². The summed E-state index contributed by atoms with van der Waals surface area (Å²) in [6, 6.07) is 8.69. The molecule has 0 saturated carbocycles. The van der Waals surface area contributed by atoms with Gasteiger partial charge in [-0.05, 0) is 49.0 Å². The van der Waals surface area contributed by atoms with Crippen LogP contribution in [-0.4, -0.2) is 42.7 Å². The van der Waals surface area contributed by atoms with Crippen LogP contribution in [0, 0.1) is 0 Å². The zero-order chi connectivity index (χ0) is 14.7. The highest BCUT2D eigenvalue weighted by Crippen LogP contribution is 2.26. The summed E-state index contributed by atoms with van der Waals surface area (Å²) < 4.78 is 5.29. The van der Waals surface area contributed by atoms with Crippen molar-refractivity contribution in [2.45, 2.75) is 25.8 Å². The number of nitrogens with one attached hydrogen (secondary N) is 1. The molecule has 2 heterocycles. The van der Waals surface area contributed by atoms with Crippen LogP contribution in [0.2, 0.25) is 0 Å². The molecule has 2 aromatic rings. The Labute approximate surface area is 126 Å². The topological polar surface area (TPSA) is 37.4 Å². The van der Waals surface area contributed by atoms with E-state index in [9.17, 15) is 0 Å². The first-order valence-corrected chi connectivity index (χ1v) is 7.72. The minimum Gasteiger partial charge on any atom is -0.497 e. The fraction of sp³-hybridized carbons (Fsp3) is 0.471. The third-order valence-electron chi connectivity index (χ3n) is 4.35. The van der Waals surface area contributed by atoms with Gasteiger partial charge in [0.25, 0.3) is 0 Å². The number of aromatic nitrogens is 1. The van der Waals surface area contributed by atoms with Crippen LogP contribution in [0.15, 0.2) is 30.5 Å². The Morgan fingerprint density at radius 3 is 2.81 bits per heavy atom. The lowest BCUT2D eigenvalue weighted by atomic mass is 10.0. The molecule has 112 valence electrons. The highest BCUT2D eigenvalue weighted by molar-refractivity contribution is 5.92. The second-order valence-corrected chi connectivity index (χ2v) is 5.60. The maximum atomic E-state index is 5.29. The minimum atomic E-state index is 0.521. The van der Waals surface area contributed by atoms with Crippen LogP contribution in [0.1, 0.15) is 19.8 Å². The SMILES string of the molecule is CCN1CCC(Nc2nccc3cc(OC)ccc23)CC1. The van der Waals surface area contributed by atoms with Crippen LogP contribution in [0.5, 0.6) is 5.75 Å². The predicted molar refractivity (Wildman–Crippen MR) is 87.1 cm³/mol. The van der Waals surface area contributed by atoms with E-state index < -0.39 is 0 Å². The van der Waals surface area contributed by atoms with Crippen molar-refractivity contribution in [3.05, 3.63) is 30.5 Å². The summed E-state index contributed by atoms with van der Waals surface area (Å²) in [5.41, 5.74) is 0. The van der Waals surface area contributed by atoms with Gasteiger partial charge in [0.15, 0.2) is 0 Å². The molecule has 0 radical (unpaired) electrons. The molecule has 1 aliphatic heterocycles. The van der Waals surface area contributed by atoms with E-state index in [1.54, 1.807) is 7.11 Å². The first-order chi connectivity index (χ1) is 10.3. The van der Waals surface area contributed by atoms with Gasteiger partial charge in [-0.2, -0.15) is 0 Å². The molecule has 0 unspecified atom stereocenters. The number of fused-ring (bicyclic) bond motifs is 1. The standard InChI is InChI=1S/C17H23N3O/c1-3-20-10-7-14(8-11-20)19-17-16-5-4-15(21-2)12-13(16)6-9-18-17/h4-6,9,12,14H,3,7-8,10-11H2,1-2H3,(H,18,19). The van der Waals surface area contributed by atoms with Crippen molar-refractivity contribution in [1.82, 2.24) is 9.88 Å². The highest BCUT2D eigenvalue weighted by atomic mass is 16.5. The number of pyridine rings is 1. The molecule has 0 amide bonds. The van der Waals surface area contributed by atoms with E-state index in [1.807, 2.05) is 18.3 Å². The van der Waals surface area contributed by atoms with Gasteiger partial charge in [0.1, 0.15) is 11.6 Å². The van der Waals surface area contributed by atoms with Gasteiger partial charge in [-0.3, -0.25) is 0 Å². The monoisotopic (exact) mass is 285 g/mol. The van der Waals surface area contributed by atoms with E-state index in [1.165, 1.54) is 25.9 Å². The lowest BCUT2D eigenvalue weighted by molar-refractivity contribution is 0.229. The quantitative estimate of drug-likeness (QED) is 0.936. The smallest absolute Gasteiger partial charge is 0.134 e. The van der Waals surface area contributed by atoms with E-state index >= 15 is 0 Å². The Morgan fingerprint density at radius 1 is 1.29 bits per heavy atom. The summed E-state index contributed by atoms with van der Waals surface area (Å²) in [7, 11) is 1.70. The molecule has 1 fully saturated rings. The molecule has 4 nitrogen and oxygen atoms in total.